The number of benzene rings is 2. The van der Waals surface area contributed by atoms with Gasteiger partial charge in [0, 0.05) is 16.4 Å². The fourth-order valence-corrected chi connectivity index (χ4v) is 5.49. The van der Waals surface area contributed by atoms with E-state index in [1.54, 1.807) is 24.5 Å². The van der Waals surface area contributed by atoms with Crippen LogP contribution < -0.4 is 4.74 Å². The Morgan fingerprint density at radius 3 is 2.77 bits per heavy atom. The molecule has 2 heterocycles. The molecule has 0 spiro atoms. The van der Waals surface area contributed by atoms with Crippen molar-refractivity contribution < 1.29 is 4.74 Å². The summed E-state index contributed by atoms with van der Waals surface area (Å²) in [6, 6.07) is 17.9. The van der Waals surface area contributed by atoms with Gasteiger partial charge in [0.15, 0.2) is 4.34 Å². The largest absolute Gasteiger partial charge is 0.495 e. The molecule has 0 unspecified atom stereocenters. The van der Waals surface area contributed by atoms with E-state index < -0.39 is 0 Å². The van der Waals surface area contributed by atoms with E-state index in [0.717, 1.165) is 42.9 Å². The summed E-state index contributed by atoms with van der Waals surface area (Å²) in [6.07, 6.45) is 1.91. The second-order valence-corrected chi connectivity index (χ2v) is 9.40. The zero-order chi connectivity index (χ0) is 21.3. The predicted molar refractivity (Wildman–Crippen MR) is 126 cm³/mol. The Kier molecular flexibility index (Phi) is 5.87. The van der Waals surface area contributed by atoms with Crippen LogP contribution in [0.2, 0.25) is 5.02 Å². The van der Waals surface area contributed by atoms with Gasteiger partial charge in [-0.3, -0.25) is 0 Å². The lowest BCUT2D eigenvalue weighted by molar-refractivity contribution is 0.412. The van der Waals surface area contributed by atoms with E-state index in [-0.39, 0.29) is 0 Å². The number of rotatable bonds is 5. The van der Waals surface area contributed by atoms with Crippen LogP contribution in [0.25, 0.3) is 22.0 Å². The third-order valence-electron chi connectivity index (χ3n) is 4.72. The van der Waals surface area contributed by atoms with Crippen LogP contribution in [-0.4, -0.2) is 16.7 Å². The minimum Gasteiger partial charge on any atom is -0.495 e. The number of thioether (sulfide) groups is 1. The maximum absolute atomic E-state index is 9.72. The zero-order valence-electron chi connectivity index (χ0n) is 16.6. The van der Waals surface area contributed by atoms with Gasteiger partial charge in [0.2, 0.25) is 0 Å². The van der Waals surface area contributed by atoms with Crippen molar-refractivity contribution in [1.82, 2.24) is 9.55 Å². The lowest BCUT2D eigenvalue weighted by Gasteiger charge is -2.14. The minimum atomic E-state index is 0.590. The molecule has 0 amide bonds. The van der Waals surface area contributed by atoms with Crippen molar-refractivity contribution in [3.05, 3.63) is 75.4 Å². The van der Waals surface area contributed by atoms with Gasteiger partial charge in [-0.2, -0.15) is 5.26 Å². The minimum absolute atomic E-state index is 0.590. The SMILES string of the molecule is COc1ccc(Cl)cc1-n1c(C)cc(/C=C(\C#N)Sc2nc3ccccc3s2)c1C. The molecule has 0 atom stereocenters. The van der Waals surface area contributed by atoms with Crippen molar-refractivity contribution in [2.24, 2.45) is 0 Å². The Morgan fingerprint density at radius 2 is 2.03 bits per heavy atom. The summed E-state index contributed by atoms with van der Waals surface area (Å²) < 4.78 is 9.59. The van der Waals surface area contributed by atoms with Crippen LogP contribution >= 0.6 is 34.7 Å². The fourth-order valence-electron chi connectivity index (χ4n) is 3.36. The summed E-state index contributed by atoms with van der Waals surface area (Å²) in [4.78, 5) is 5.21. The second-order valence-electron chi connectivity index (χ2n) is 6.65. The number of nitrogens with zero attached hydrogens (tertiary/aromatic N) is 3. The molecule has 0 radical (unpaired) electrons. The van der Waals surface area contributed by atoms with Crippen molar-refractivity contribution in [2.45, 2.75) is 18.2 Å². The summed E-state index contributed by atoms with van der Waals surface area (Å²) in [6.45, 7) is 4.05. The Bertz CT molecular complexity index is 1280. The highest BCUT2D eigenvalue weighted by Gasteiger charge is 2.15. The molecule has 0 aliphatic carbocycles. The number of hydrogen-bond donors (Lipinski definition) is 0. The van der Waals surface area contributed by atoms with Crippen molar-refractivity contribution >= 4 is 51.0 Å². The highest BCUT2D eigenvalue weighted by atomic mass is 35.5. The van der Waals surface area contributed by atoms with Crippen LogP contribution in [0, 0.1) is 25.2 Å². The molecule has 2 aromatic carbocycles. The van der Waals surface area contributed by atoms with Crippen LogP contribution in [0.4, 0.5) is 0 Å². The Morgan fingerprint density at radius 1 is 1.23 bits per heavy atom. The number of methoxy groups -OCH3 is 1. The third-order valence-corrected chi connectivity index (χ3v) is 6.98. The number of fused-ring (bicyclic) bond motifs is 1. The van der Waals surface area contributed by atoms with E-state index in [4.69, 9.17) is 16.3 Å². The molecule has 0 saturated carbocycles. The van der Waals surface area contributed by atoms with E-state index in [1.165, 1.54) is 11.8 Å². The smallest absolute Gasteiger partial charge is 0.156 e. The van der Waals surface area contributed by atoms with Gasteiger partial charge in [-0.1, -0.05) is 23.7 Å². The molecule has 4 nitrogen and oxygen atoms in total. The average molecular weight is 452 g/mol. The quantitative estimate of drug-likeness (QED) is 0.241. The summed E-state index contributed by atoms with van der Waals surface area (Å²) >= 11 is 9.22. The normalized spacial score (nSPS) is 11.6. The summed E-state index contributed by atoms with van der Waals surface area (Å²) in [7, 11) is 1.64. The first-order chi connectivity index (χ1) is 14.5. The molecule has 0 fully saturated rings. The van der Waals surface area contributed by atoms with Crippen molar-refractivity contribution in [3.8, 4) is 17.5 Å². The first-order valence-electron chi connectivity index (χ1n) is 9.18. The average Bonchev–Trinajstić information content (AvgIpc) is 3.27. The summed E-state index contributed by atoms with van der Waals surface area (Å²) in [5, 5.41) is 10.4. The lowest BCUT2D eigenvalue weighted by Crippen LogP contribution is -2.02. The molecular formula is C23H18ClN3OS2. The topological polar surface area (TPSA) is 50.8 Å². The molecule has 7 heteroatoms. The number of halogens is 1. The molecule has 2 aromatic heterocycles. The van der Waals surface area contributed by atoms with E-state index in [9.17, 15) is 5.26 Å². The molecule has 0 bridgehead atoms. The van der Waals surface area contributed by atoms with Gasteiger partial charge in [-0.15, -0.1) is 11.3 Å². The second kappa shape index (κ2) is 8.57. The molecule has 150 valence electrons. The highest BCUT2D eigenvalue weighted by Crippen LogP contribution is 2.36. The molecule has 4 aromatic rings. The summed E-state index contributed by atoms with van der Waals surface area (Å²) in [5.74, 6) is 0.737. The number of nitriles is 1. The first-order valence-corrected chi connectivity index (χ1v) is 11.2. The Hall–Kier alpha value is -2.72. The van der Waals surface area contributed by atoms with Gasteiger partial charge in [-0.05, 0) is 73.6 Å². The monoisotopic (exact) mass is 451 g/mol. The number of allylic oxidation sites excluding steroid dienone is 1. The highest BCUT2D eigenvalue weighted by molar-refractivity contribution is 8.05. The number of aryl methyl sites for hydroxylation is 1. The lowest BCUT2D eigenvalue weighted by atomic mass is 10.2. The molecule has 4 rings (SSSR count). The van der Waals surface area contributed by atoms with E-state index >= 15 is 0 Å². The van der Waals surface area contributed by atoms with Gasteiger partial charge >= 0.3 is 0 Å². The van der Waals surface area contributed by atoms with Crippen LogP contribution in [-0.2, 0) is 0 Å². The maximum Gasteiger partial charge on any atom is 0.156 e. The number of thiazole rings is 1. The van der Waals surface area contributed by atoms with Crippen molar-refractivity contribution in [3.63, 3.8) is 0 Å². The molecular weight excluding hydrogens is 434 g/mol. The van der Waals surface area contributed by atoms with E-state index in [1.807, 2.05) is 56.3 Å². The van der Waals surface area contributed by atoms with Crippen LogP contribution in [0.15, 0.2) is 57.8 Å². The Balaban J connectivity index is 1.72. The number of aromatic nitrogens is 2. The molecule has 30 heavy (non-hydrogen) atoms. The molecule has 0 aliphatic heterocycles. The Labute approximate surface area is 188 Å². The zero-order valence-corrected chi connectivity index (χ0v) is 19.0. The molecule has 0 N–H and O–H groups in total. The van der Waals surface area contributed by atoms with Crippen LogP contribution in [0.3, 0.4) is 0 Å². The number of hydrogen-bond acceptors (Lipinski definition) is 5. The third kappa shape index (κ3) is 3.97. The van der Waals surface area contributed by atoms with Gasteiger partial charge in [0.25, 0.3) is 0 Å². The van der Waals surface area contributed by atoms with Crippen molar-refractivity contribution in [1.29, 1.82) is 5.26 Å². The van der Waals surface area contributed by atoms with Gasteiger partial charge in [0.05, 0.1) is 27.9 Å². The molecule has 0 saturated heterocycles. The first kappa shape index (κ1) is 20.5. The van der Waals surface area contributed by atoms with Crippen molar-refractivity contribution in [2.75, 3.05) is 7.11 Å². The van der Waals surface area contributed by atoms with Crippen LogP contribution in [0.5, 0.6) is 5.75 Å². The van der Waals surface area contributed by atoms with Crippen LogP contribution in [0.1, 0.15) is 17.0 Å². The van der Waals surface area contributed by atoms with E-state index in [2.05, 4.69) is 21.7 Å². The molecule has 0 aliphatic rings. The predicted octanol–water partition coefficient (Wildman–Crippen LogP) is 7.02. The fraction of sp³-hybridized carbons (Fsp3) is 0.130. The standard InChI is InChI=1S/C23H18ClN3OS2/c1-14-10-16(15(2)27(14)20-12-17(24)8-9-21(20)28-3)11-18(13-25)29-23-26-19-6-4-5-7-22(19)30-23/h4-12H,1-3H3/b18-11+. The van der Waals surface area contributed by atoms with E-state index in [0.29, 0.717) is 9.93 Å². The number of ether oxygens (including phenoxy) is 1. The maximum atomic E-state index is 9.72. The number of para-hydroxylation sites is 1. The summed E-state index contributed by atoms with van der Waals surface area (Å²) in [5.41, 5.74) is 4.83. The van der Waals surface area contributed by atoms with Gasteiger partial charge in [-0.25, -0.2) is 4.98 Å². The van der Waals surface area contributed by atoms with Gasteiger partial charge < -0.3 is 9.30 Å². The van der Waals surface area contributed by atoms with Gasteiger partial charge in [0.1, 0.15) is 11.8 Å².